The summed E-state index contributed by atoms with van der Waals surface area (Å²) < 4.78 is 0. The lowest BCUT2D eigenvalue weighted by atomic mass is 10.1. The van der Waals surface area contributed by atoms with E-state index in [4.69, 9.17) is 22.3 Å². The van der Waals surface area contributed by atoms with E-state index in [0.29, 0.717) is 23.4 Å². The normalized spacial score (nSPS) is 17.4. The molecule has 1 aromatic carbocycles. The van der Waals surface area contributed by atoms with Gasteiger partial charge < -0.3 is 10.6 Å². The van der Waals surface area contributed by atoms with Gasteiger partial charge in [0.1, 0.15) is 18.3 Å². The molecule has 0 spiro atoms. The number of hydrogen-bond acceptors (Lipinski definition) is 4. The second kappa shape index (κ2) is 4.74. The summed E-state index contributed by atoms with van der Waals surface area (Å²) in [4.78, 5) is 11.2. The lowest BCUT2D eigenvalue weighted by Crippen LogP contribution is -2.30. The number of aromatic nitrogens is 1. The number of benzene rings is 1. The van der Waals surface area contributed by atoms with E-state index in [0.717, 1.165) is 22.8 Å². The van der Waals surface area contributed by atoms with Gasteiger partial charge in [0.15, 0.2) is 0 Å². The number of fused-ring (bicyclic) bond motifs is 1. The number of aliphatic imine (C=N–C) groups is 1. The molecular weight excluding hydrogens is 284 g/mol. The Hall–Kier alpha value is -2.07. The highest BCUT2D eigenvalue weighted by atomic mass is 35.5. The van der Waals surface area contributed by atoms with Crippen molar-refractivity contribution in [1.29, 1.82) is 0 Å². The van der Waals surface area contributed by atoms with Gasteiger partial charge >= 0.3 is 0 Å². The van der Waals surface area contributed by atoms with Crippen molar-refractivity contribution >= 4 is 28.9 Å². The minimum atomic E-state index is 0.448. The number of para-hydroxylation sites is 1. The Morgan fingerprint density at radius 3 is 2.71 bits per heavy atom. The summed E-state index contributed by atoms with van der Waals surface area (Å²) in [5.41, 5.74) is 8.95. The first-order valence-electron chi connectivity index (χ1n) is 7.07. The lowest BCUT2D eigenvalue weighted by Gasteiger charge is -2.29. The lowest BCUT2D eigenvalue weighted by molar-refractivity contribution is 0.907. The van der Waals surface area contributed by atoms with Crippen molar-refractivity contribution in [3.63, 3.8) is 0 Å². The molecule has 21 heavy (non-hydrogen) atoms. The van der Waals surface area contributed by atoms with Crippen molar-refractivity contribution < 1.29 is 0 Å². The summed E-state index contributed by atoms with van der Waals surface area (Å²) in [6.45, 7) is 0.448. The monoisotopic (exact) mass is 298 g/mol. The van der Waals surface area contributed by atoms with Crippen LogP contribution in [0.1, 0.15) is 30.0 Å². The Balaban J connectivity index is 1.85. The molecule has 4 rings (SSSR count). The van der Waals surface area contributed by atoms with Crippen LogP contribution in [0.15, 0.2) is 41.4 Å². The number of nitrogens with zero attached hydrogens (tertiary/aromatic N) is 3. The maximum absolute atomic E-state index is 6.33. The fourth-order valence-corrected chi connectivity index (χ4v) is 2.87. The van der Waals surface area contributed by atoms with Crippen LogP contribution in [0, 0.1) is 0 Å². The molecule has 2 heterocycles. The summed E-state index contributed by atoms with van der Waals surface area (Å²) in [5.74, 6) is 2.01. The molecule has 4 nitrogen and oxygen atoms in total. The van der Waals surface area contributed by atoms with Crippen LogP contribution in [0.5, 0.6) is 0 Å². The van der Waals surface area contributed by atoms with E-state index in [2.05, 4.69) is 11.1 Å². The van der Waals surface area contributed by atoms with Crippen LogP contribution < -0.4 is 10.6 Å². The summed E-state index contributed by atoms with van der Waals surface area (Å²) in [6, 6.07) is 11.8. The smallest absolute Gasteiger partial charge is 0.145 e. The van der Waals surface area contributed by atoms with Gasteiger partial charge in [-0.2, -0.15) is 0 Å². The molecule has 1 fully saturated rings. The maximum atomic E-state index is 6.33. The third kappa shape index (κ3) is 2.16. The quantitative estimate of drug-likeness (QED) is 0.924. The van der Waals surface area contributed by atoms with Crippen LogP contribution in [0.4, 0.5) is 11.5 Å². The fraction of sp³-hybridized carbons (Fsp3) is 0.250. The number of pyridine rings is 1. The highest BCUT2D eigenvalue weighted by Crippen LogP contribution is 2.41. The van der Waals surface area contributed by atoms with E-state index in [9.17, 15) is 0 Å². The maximum Gasteiger partial charge on any atom is 0.145 e. The first-order chi connectivity index (χ1) is 10.2. The molecule has 0 atom stereocenters. The van der Waals surface area contributed by atoms with Gasteiger partial charge in [-0.25, -0.2) is 9.98 Å². The van der Waals surface area contributed by atoms with Crippen molar-refractivity contribution in [3.05, 3.63) is 52.7 Å². The van der Waals surface area contributed by atoms with Crippen molar-refractivity contribution in [3.8, 4) is 0 Å². The van der Waals surface area contributed by atoms with Gasteiger partial charge in [0, 0.05) is 11.6 Å². The summed E-state index contributed by atoms with van der Waals surface area (Å²) in [7, 11) is 0. The second-order valence-electron chi connectivity index (χ2n) is 5.45. The Morgan fingerprint density at radius 2 is 1.95 bits per heavy atom. The molecule has 0 saturated heterocycles. The number of nitrogens with two attached hydrogens (primary N) is 1. The summed E-state index contributed by atoms with van der Waals surface area (Å²) in [5, 5.41) is 0.692. The van der Waals surface area contributed by atoms with E-state index in [-0.39, 0.29) is 0 Å². The van der Waals surface area contributed by atoms with Gasteiger partial charge in [-0.05, 0) is 37.1 Å². The predicted octanol–water partition coefficient (Wildman–Crippen LogP) is 3.43. The largest absolute Gasteiger partial charge is 0.383 e. The average molecular weight is 299 g/mol. The van der Waals surface area contributed by atoms with E-state index < -0.39 is 0 Å². The number of amidine groups is 1. The number of halogens is 1. The highest BCUT2D eigenvalue weighted by molar-refractivity contribution is 6.33. The summed E-state index contributed by atoms with van der Waals surface area (Å²) in [6.07, 6.45) is 2.45. The van der Waals surface area contributed by atoms with Gasteiger partial charge in [0.05, 0.1) is 16.3 Å². The molecule has 2 aliphatic rings. The highest BCUT2D eigenvalue weighted by Gasteiger charge is 2.29. The van der Waals surface area contributed by atoms with Crippen LogP contribution in [-0.4, -0.2) is 17.5 Å². The minimum Gasteiger partial charge on any atom is -0.383 e. The van der Waals surface area contributed by atoms with Crippen molar-refractivity contribution in [2.75, 3.05) is 11.6 Å². The molecule has 5 heteroatoms. The van der Waals surface area contributed by atoms with Crippen LogP contribution >= 0.6 is 11.6 Å². The van der Waals surface area contributed by atoms with Crippen LogP contribution in [-0.2, 0) is 0 Å². The number of anilines is 2. The second-order valence-corrected chi connectivity index (χ2v) is 5.85. The molecule has 0 unspecified atom stereocenters. The molecular formula is C16H15ClN4. The van der Waals surface area contributed by atoms with Gasteiger partial charge in [-0.3, -0.25) is 0 Å². The Kier molecular flexibility index (Phi) is 2.86. The molecule has 0 radical (unpaired) electrons. The van der Waals surface area contributed by atoms with E-state index in [1.54, 1.807) is 0 Å². The zero-order chi connectivity index (χ0) is 14.4. The van der Waals surface area contributed by atoms with E-state index in [1.165, 1.54) is 12.8 Å². The molecule has 1 aliphatic carbocycles. The topological polar surface area (TPSA) is 54.5 Å². The zero-order valence-corrected chi connectivity index (χ0v) is 12.2. The number of rotatable bonds is 2. The van der Waals surface area contributed by atoms with E-state index in [1.807, 2.05) is 35.2 Å². The average Bonchev–Trinajstić information content (AvgIpc) is 3.33. The Bertz CT molecular complexity index is 737. The predicted molar refractivity (Wildman–Crippen MR) is 85.4 cm³/mol. The Morgan fingerprint density at radius 1 is 1.14 bits per heavy atom. The first-order valence-corrected chi connectivity index (χ1v) is 7.45. The molecule has 1 aliphatic heterocycles. The molecule has 2 N–H and O–H groups in total. The van der Waals surface area contributed by atoms with Crippen molar-refractivity contribution in [1.82, 2.24) is 4.98 Å². The van der Waals surface area contributed by atoms with Gasteiger partial charge in [-0.15, -0.1) is 0 Å². The first kappa shape index (κ1) is 12.7. The fourth-order valence-electron chi connectivity index (χ4n) is 2.64. The van der Waals surface area contributed by atoms with Crippen LogP contribution in [0.3, 0.4) is 0 Å². The standard InChI is InChI=1S/C16H15ClN4/c17-12-3-1-2-4-14(12)21-9-19-15(18)11-7-8-13(10-5-6-10)20-16(11)21/h1-4,7-8,10H,5-6,9H2,(H2,18,19). The van der Waals surface area contributed by atoms with Crippen LogP contribution in [0.2, 0.25) is 5.02 Å². The van der Waals surface area contributed by atoms with Crippen molar-refractivity contribution in [2.45, 2.75) is 18.8 Å². The van der Waals surface area contributed by atoms with E-state index >= 15 is 0 Å². The molecule has 0 amide bonds. The molecule has 0 bridgehead atoms. The molecule has 1 aromatic heterocycles. The molecule has 1 saturated carbocycles. The third-order valence-electron chi connectivity index (χ3n) is 3.95. The number of hydrogen-bond donors (Lipinski definition) is 1. The van der Waals surface area contributed by atoms with Gasteiger partial charge in [0.25, 0.3) is 0 Å². The third-order valence-corrected chi connectivity index (χ3v) is 4.27. The molecule has 2 aromatic rings. The molecule has 106 valence electrons. The van der Waals surface area contributed by atoms with Crippen LogP contribution in [0.25, 0.3) is 0 Å². The zero-order valence-electron chi connectivity index (χ0n) is 11.5. The Labute approximate surface area is 128 Å². The van der Waals surface area contributed by atoms with Crippen molar-refractivity contribution in [2.24, 2.45) is 10.7 Å². The SMILES string of the molecule is NC1=NCN(c2ccccc2Cl)c2nc(C3CC3)ccc21. The minimum absolute atomic E-state index is 0.448. The van der Waals surface area contributed by atoms with Gasteiger partial charge in [-0.1, -0.05) is 23.7 Å². The van der Waals surface area contributed by atoms with Gasteiger partial charge in [0.2, 0.25) is 0 Å². The summed E-state index contributed by atoms with van der Waals surface area (Å²) >= 11 is 6.33.